The van der Waals surface area contributed by atoms with Crippen LogP contribution >= 0.6 is 0 Å². The molecule has 7 nitrogen and oxygen atoms in total. The van der Waals surface area contributed by atoms with Crippen LogP contribution in [0.15, 0.2) is 60.9 Å². The Labute approximate surface area is 161 Å². The lowest BCUT2D eigenvalue weighted by Gasteiger charge is -2.08. The van der Waals surface area contributed by atoms with Gasteiger partial charge in [0.15, 0.2) is 11.6 Å². The second-order valence-corrected chi connectivity index (χ2v) is 6.13. The van der Waals surface area contributed by atoms with E-state index in [1.165, 1.54) is 26.2 Å². The minimum Gasteiger partial charge on any atom is -0.340 e. The molecule has 7 heteroatoms. The molecule has 0 unspecified atom stereocenters. The molecule has 3 rings (SSSR count). The first-order chi connectivity index (χ1) is 13.4. The molecule has 1 aromatic heterocycles. The van der Waals surface area contributed by atoms with Crippen molar-refractivity contribution in [2.75, 3.05) is 10.6 Å². The van der Waals surface area contributed by atoms with Gasteiger partial charge in [0.1, 0.15) is 17.8 Å². The van der Waals surface area contributed by atoms with Crippen molar-refractivity contribution in [1.82, 2.24) is 9.97 Å². The molecule has 1 amide bonds. The zero-order valence-corrected chi connectivity index (χ0v) is 15.4. The largest absolute Gasteiger partial charge is 0.340 e. The predicted molar refractivity (Wildman–Crippen MR) is 106 cm³/mol. The Morgan fingerprint density at radius 2 is 1.29 bits per heavy atom. The smallest absolute Gasteiger partial charge is 0.274 e. The lowest BCUT2D eigenvalue weighted by molar-refractivity contribution is 0.100. The third-order valence-electron chi connectivity index (χ3n) is 4.01. The molecule has 2 N–H and O–H groups in total. The van der Waals surface area contributed by atoms with E-state index in [2.05, 4.69) is 20.6 Å². The van der Waals surface area contributed by atoms with Gasteiger partial charge in [0.2, 0.25) is 0 Å². The summed E-state index contributed by atoms with van der Waals surface area (Å²) in [6.07, 6.45) is 1.29. The molecule has 0 fully saturated rings. The zero-order valence-electron chi connectivity index (χ0n) is 15.4. The highest BCUT2D eigenvalue weighted by Crippen LogP contribution is 2.17. The number of anilines is 3. The van der Waals surface area contributed by atoms with Crippen LogP contribution < -0.4 is 10.6 Å². The minimum atomic E-state index is -0.395. The van der Waals surface area contributed by atoms with Crippen LogP contribution in [0.1, 0.15) is 45.1 Å². The van der Waals surface area contributed by atoms with Crippen molar-refractivity contribution in [3.63, 3.8) is 0 Å². The standard InChI is InChI=1S/C21H18N4O3/c1-13(26)15-3-7-17(8-4-15)24-20-11-19(22-12-23-20)21(28)25-18-9-5-16(6-10-18)14(2)27/h3-12H,1-2H3,(H,25,28)(H,22,23,24). The number of Topliss-reactive ketones (excluding diaryl/α,β-unsaturated/α-hetero) is 2. The van der Waals surface area contributed by atoms with Crippen molar-refractivity contribution in [2.24, 2.45) is 0 Å². The molecule has 0 aliphatic heterocycles. The molecule has 0 bridgehead atoms. The Bertz CT molecular complexity index is 1030. The lowest BCUT2D eigenvalue weighted by atomic mass is 10.1. The predicted octanol–water partition coefficient (Wildman–Crippen LogP) is 3.88. The third-order valence-corrected chi connectivity index (χ3v) is 4.01. The maximum Gasteiger partial charge on any atom is 0.274 e. The molecule has 0 saturated carbocycles. The number of carbonyl (C=O) groups is 3. The van der Waals surface area contributed by atoms with Gasteiger partial charge in [-0.15, -0.1) is 0 Å². The number of hydrogen-bond acceptors (Lipinski definition) is 6. The first-order valence-electron chi connectivity index (χ1n) is 8.55. The Kier molecular flexibility index (Phi) is 5.55. The number of amides is 1. The number of hydrogen-bond donors (Lipinski definition) is 2. The van der Waals surface area contributed by atoms with Gasteiger partial charge in [0.05, 0.1) is 0 Å². The average Bonchev–Trinajstić information content (AvgIpc) is 2.69. The van der Waals surface area contributed by atoms with E-state index in [4.69, 9.17) is 0 Å². The maximum absolute atomic E-state index is 12.4. The number of nitrogens with zero attached hydrogens (tertiary/aromatic N) is 2. The van der Waals surface area contributed by atoms with E-state index in [1.54, 1.807) is 48.5 Å². The summed E-state index contributed by atoms with van der Waals surface area (Å²) in [6, 6.07) is 15.1. The Morgan fingerprint density at radius 3 is 1.82 bits per heavy atom. The van der Waals surface area contributed by atoms with Crippen molar-refractivity contribution >= 4 is 34.7 Å². The molecule has 0 spiro atoms. The van der Waals surface area contributed by atoms with Crippen molar-refractivity contribution in [3.05, 3.63) is 77.7 Å². The van der Waals surface area contributed by atoms with Crippen LogP contribution in [0.2, 0.25) is 0 Å². The molecular weight excluding hydrogens is 356 g/mol. The molecule has 0 radical (unpaired) electrons. The highest BCUT2D eigenvalue weighted by atomic mass is 16.2. The Hall–Kier alpha value is -3.87. The third kappa shape index (κ3) is 4.64. The van der Waals surface area contributed by atoms with Crippen LogP contribution in [0.4, 0.5) is 17.2 Å². The molecule has 0 aliphatic carbocycles. The van der Waals surface area contributed by atoms with Gasteiger partial charge in [-0.05, 0) is 62.4 Å². The van der Waals surface area contributed by atoms with Crippen LogP contribution in [-0.2, 0) is 0 Å². The van der Waals surface area contributed by atoms with Gasteiger partial charge >= 0.3 is 0 Å². The monoisotopic (exact) mass is 374 g/mol. The summed E-state index contributed by atoms with van der Waals surface area (Å²) in [5, 5.41) is 5.80. The van der Waals surface area contributed by atoms with E-state index >= 15 is 0 Å². The van der Waals surface area contributed by atoms with E-state index < -0.39 is 5.91 Å². The van der Waals surface area contributed by atoms with Crippen molar-refractivity contribution in [3.8, 4) is 0 Å². The summed E-state index contributed by atoms with van der Waals surface area (Å²) >= 11 is 0. The Balaban J connectivity index is 1.70. The molecule has 0 saturated heterocycles. The van der Waals surface area contributed by atoms with E-state index in [9.17, 15) is 14.4 Å². The van der Waals surface area contributed by atoms with Crippen LogP contribution in [0.5, 0.6) is 0 Å². The van der Waals surface area contributed by atoms with Gasteiger partial charge < -0.3 is 10.6 Å². The van der Waals surface area contributed by atoms with Gasteiger partial charge in [-0.3, -0.25) is 14.4 Å². The topological polar surface area (TPSA) is 101 Å². The maximum atomic E-state index is 12.4. The SMILES string of the molecule is CC(=O)c1ccc(NC(=O)c2cc(Nc3ccc(C(C)=O)cc3)ncn2)cc1. The second-order valence-electron chi connectivity index (χ2n) is 6.13. The molecule has 0 atom stereocenters. The molecule has 28 heavy (non-hydrogen) atoms. The molecule has 140 valence electrons. The first kappa shape index (κ1) is 18.9. The van der Waals surface area contributed by atoms with Gasteiger partial charge in [-0.25, -0.2) is 9.97 Å². The summed E-state index contributed by atoms with van der Waals surface area (Å²) in [7, 11) is 0. The lowest BCUT2D eigenvalue weighted by Crippen LogP contribution is -2.14. The van der Waals surface area contributed by atoms with E-state index in [0.717, 1.165) is 5.69 Å². The van der Waals surface area contributed by atoms with Crippen LogP contribution in [0.25, 0.3) is 0 Å². The summed E-state index contributed by atoms with van der Waals surface area (Å²) < 4.78 is 0. The van der Waals surface area contributed by atoms with Crippen LogP contribution in [-0.4, -0.2) is 27.4 Å². The van der Waals surface area contributed by atoms with Crippen LogP contribution in [0.3, 0.4) is 0 Å². The number of nitrogens with one attached hydrogen (secondary N) is 2. The number of ketones is 2. The normalized spacial score (nSPS) is 10.2. The molecule has 0 aliphatic rings. The fraction of sp³-hybridized carbons (Fsp3) is 0.0952. The molecule has 2 aromatic carbocycles. The van der Waals surface area contributed by atoms with Gasteiger partial charge in [-0.1, -0.05) is 0 Å². The summed E-state index contributed by atoms with van der Waals surface area (Å²) in [5.41, 5.74) is 2.66. The van der Waals surface area contributed by atoms with Gasteiger partial charge in [0.25, 0.3) is 5.91 Å². The van der Waals surface area contributed by atoms with E-state index in [0.29, 0.717) is 22.6 Å². The zero-order chi connectivity index (χ0) is 20.1. The quantitative estimate of drug-likeness (QED) is 0.635. The fourth-order valence-electron chi connectivity index (χ4n) is 2.47. The van der Waals surface area contributed by atoms with Crippen molar-refractivity contribution < 1.29 is 14.4 Å². The van der Waals surface area contributed by atoms with Gasteiger partial charge in [-0.2, -0.15) is 0 Å². The summed E-state index contributed by atoms with van der Waals surface area (Å²) in [6.45, 7) is 2.99. The Morgan fingerprint density at radius 1 is 0.750 bits per heavy atom. The van der Waals surface area contributed by atoms with Crippen molar-refractivity contribution in [1.29, 1.82) is 0 Å². The highest BCUT2D eigenvalue weighted by molar-refractivity contribution is 6.03. The second kappa shape index (κ2) is 8.22. The van der Waals surface area contributed by atoms with E-state index in [1.807, 2.05) is 0 Å². The summed E-state index contributed by atoms with van der Waals surface area (Å²) in [4.78, 5) is 43.2. The number of rotatable bonds is 6. The average molecular weight is 374 g/mol. The highest BCUT2D eigenvalue weighted by Gasteiger charge is 2.10. The van der Waals surface area contributed by atoms with Crippen molar-refractivity contribution in [2.45, 2.75) is 13.8 Å². The summed E-state index contributed by atoms with van der Waals surface area (Å²) in [5.74, 6) is 0.000197. The number of carbonyl (C=O) groups excluding carboxylic acids is 3. The number of benzene rings is 2. The van der Waals surface area contributed by atoms with Crippen LogP contribution in [0, 0.1) is 0 Å². The number of aromatic nitrogens is 2. The molecule has 3 aromatic rings. The molecular formula is C21H18N4O3. The fourth-order valence-corrected chi connectivity index (χ4v) is 2.47. The van der Waals surface area contributed by atoms with Gasteiger partial charge in [0, 0.05) is 28.6 Å². The van der Waals surface area contributed by atoms with E-state index in [-0.39, 0.29) is 17.3 Å². The minimum absolute atomic E-state index is 0.0103. The first-order valence-corrected chi connectivity index (χ1v) is 8.55. The molecule has 1 heterocycles.